The van der Waals surface area contributed by atoms with Crippen LogP contribution in [0.1, 0.15) is 0 Å². The summed E-state index contributed by atoms with van der Waals surface area (Å²) in [6.07, 6.45) is 10.4. The van der Waals surface area contributed by atoms with Crippen LogP contribution in [0, 0.1) is 0 Å². The van der Waals surface area contributed by atoms with Gasteiger partial charge < -0.3 is 10.2 Å². The highest BCUT2D eigenvalue weighted by atomic mass is 16.4. The number of hydrogen-bond acceptors (Lipinski definition) is 6. The second-order valence-corrected chi connectivity index (χ2v) is 4.62. The topological polar surface area (TPSA) is 136 Å². The van der Waals surface area contributed by atoms with Crippen molar-refractivity contribution in [3.63, 3.8) is 0 Å². The lowest BCUT2D eigenvalue weighted by molar-refractivity contribution is -0.145. The second-order valence-electron chi connectivity index (χ2n) is 4.62. The Kier molecular flexibility index (Phi) is 2.87. The summed E-state index contributed by atoms with van der Waals surface area (Å²) in [5, 5.41) is 33.6. The summed E-state index contributed by atoms with van der Waals surface area (Å²) in [5.41, 5.74) is -3.29. The number of nitrogens with zero attached hydrogens (tertiary/aromatic N) is 6. The molecule has 0 amide bonds. The molecule has 0 aliphatic heterocycles. The van der Waals surface area contributed by atoms with Gasteiger partial charge in [0.25, 0.3) is 0 Å². The maximum Gasteiger partial charge on any atom is 0.339 e. The van der Waals surface area contributed by atoms with Gasteiger partial charge in [-0.2, -0.15) is 0 Å². The Morgan fingerprint density at radius 1 is 0.773 bits per heavy atom. The molecule has 1 aliphatic carbocycles. The Bertz CT molecular complexity index is 683. The number of carboxylic acids is 2. The SMILES string of the molecule is O=C(O)C1(n2ccnn2)C=CC(C(=O)O)(n2ccnn2)C=C1. The van der Waals surface area contributed by atoms with Crippen LogP contribution in [-0.2, 0) is 20.7 Å². The Hall–Kier alpha value is -3.30. The lowest BCUT2D eigenvalue weighted by Gasteiger charge is -2.31. The first-order chi connectivity index (χ1) is 10.5. The molecule has 0 aromatic carbocycles. The van der Waals surface area contributed by atoms with Crippen LogP contribution in [0.15, 0.2) is 49.1 Å². The largest absolute Gasteiger partial charge is 0.479 e. The minimum absolute atomic E-state index is 1.12. The molecule has 3 rings (SSSR count). The fraction of sp³-hybridized carbons (Fsp3) is 0.167. The Morgan fingerprint density at radius 3 is 1.36 bits per heavy atom. The molecule has 10 heteroatoms. The van der Waals surface area contributed by atoms with Crippen LogP contribution in [0.4, 0.5) is 0 Å². The van der Waals surface area contributed by atoms with Gasteiger partial charge in [0.2, 0.25) is 0 Å². The highest BCUT2D eigenvalue weighted by Crippen LogP contribution is 2.32. The molecule has 0 saturated heterocycles. The van der Waals surface area contributed by atoms with Crippen LogP contribution < -0.4 is 0 Å². The van der Waals surface area contributed by atoms with Crippen molar-refractivity contribution in [2.45, 2.75) is 11.1 Å². The molecule has 0 atom stereocenters. The average Bonchev–Trinajstić information content (AvgIpc) is 3.20. The Balaban J connectivity index is 2.12. The smallest absolute Gasteiger partial charge is 0.339 e. The monoisotopic (exact) mass is 302 g/mol. The van der Waals surface area contributed by atoms with E-state index < -0.39 is 23.0 Å². The molecule has 10 nitrogen and oxygen atoms in total. The number of hydrogen-bond donors (Lipinski definition) is 2. The van der Waals surface area contributed by atoms with Gasteiger partial charge >= 0.3 is 11.9 Å². The molecule has 0 bridgehead atoms. The molecule has 0 saturated carbocycles. The normalized spacial score (nSPS) is 26.9. The van der Waals surface area contributed by atoms with Crippen molar-refractivity contribution in [3.05, 3.63) is 49.1 Å². The minimum atomic E-state index is -1.64. The van der Waals surface area contributed by atoms with E-state index >= 15 is 0 Å². The maximum absolute atomic E-state index is 11.7. The van der Waals surface area contributed by atoms with Crippen molar-refractivity contribution < 1.29 is 19.8 Å². The maximum atomic E-state index is 11.7. The van der Waals surface area contributed by atoms with Gasteiger partial charge in [-0.15, -0.1) is 10.2 Å². The van der Waals surface area contributed by atoms with E-state index in [1.165, 1.54) is 49.1 Å². The quantitative estimate of drug-likeness (QED) is 0.704. The number of carbonyl (C=O) groups is 2. The van der Waals surface area contributed by atoms with Crippen molar-refractivity contribution in [1.82, 2.24) is 30.0 Å². The Labute approximate surface area is 123 Å². The van der Waals surface area contributed by atoms with Gasteiger partial charge in [-0.25, -0.2) is 19.0 Å². The molecule has 2 N–H and O–H groups in total. The lowest BCUT2D eigenvalue weighted by Crippen LogP contribution is -2.46. The van der Waals surface area contributed by atoms with Gasteiger partial charge in [-0.1, -0.05) is 10.4 Å². The molecular formula is C12H10N6O4. The highest BCUT2D eigenvalue weighted by molar-refractivity contribution is 5.87. The Morgan fingerprint density at radius 2 is 1.14 bits per heavy atom. The molecule has 112 valence electrons. The zero-order valence-corrected chi connectivity index (χ0v) is 11.0. The number of carboxylic acid groups (broad SMARTS) is 2. The van der Waals surface area contributed by atoms with Crippen molar-refractivity contribution in [1.29, 1.82) is 0 Å². The zero-order valence-electron chi connectivity index (χ0n) is 11.0. The van der Waals surface area contributed by atoms with Gasteiger partial charge in [0.05, 0.1) is 12.4 Å². The lowest BCUT2D eigenvalue weighted by atomic mass is 9.85. The van der Waals surface area contributed by atoms with E-state index in [9.17, 15) is 19.8 Å². The highest BCUT2D eigenvalue weighted by Gasteiger charge is 2.46. The number of aromatic nitrogens is 6. The first-order valence-electron chi connectivity index (χ1n) is 6.12. The van der Waals surface area contributed by atoms with E-state index in [4.69, 9.17) is 0 Å². The van der Waals surface area contributed by atoms with Crippen LogP contribution in [0.5, 0.6) is 0 Å². The molecule has 1 aliphatic rings. The molecular weight excluding hydrogens is 292 g/mol. The molecule has 0 fully saturated rings. The van der Waals surface area contributed by atoms with Gasteiger partial charge in [0, 0.05) is 12.4 Å². The summed E-state index contributed by atoms with van der Waals surface area (Å²) in [6.45, 7) is 0. The summed E-state index contributed by atoms with van der Waals surface area (Å²) in [5.74, 6) is -2.44. The van der Waals surface area contributed by atoms with Crippen molar-refractivity contribution in [3.8, 4) is 0 Å². The summed E-state index contributed by atoms with van der Waals surface area (Å²) in [6, 6.07) is 0. The fourth-order valence-electron chi connectivity index (χ4n) is 2.22. The molecule has 2 aromatic rings. The first kappa shape index (κ1) is 13.7. The molecule has 0 spiro atoms. The third-order valence-corrected chi connectivity index (χ3v) is 3.47. The molecule has 0 radical (unpaired) electrons. The summed E-state index contributed by atoms with van der Waals surface area (Å²) in [4.78, 5) is 23.3. The van der Waals surface area contributed by atoms with Crippen LogP contribution in [0.3, 0.4) is 0 Å². The van der Waals surface area contributed by atoms with Crippen LogP contribution in [0.25, 0.3) is 0 Å². The number of rotatable bonds is 4. The van der Waals surface area contributed by atoms with E-state index in [-0.39, 0.29) is 0 Å². The van der Waals surface area contributed by atoms with E-state index in [1.807, 2.05) is 0 Å². The molecule has 2 heterocycles. The van der Waals surface area contributed by atoms with Crippen molar-refractivity contribution >= 4 is 11.9 Å². The van der Waals surface area contributed by atoms with Gasteiger partial charge in [0.1, 0.15) is 0 Å². The van der Waals surface area contributed by atoms with Crippen LogP contribution in [0.2, 0.25) is 0 Å². The van der Waals surface area contributed by atoms with Crippen molar-refractivity contribution in [2.24, 2.45) is 0 Å². The van der Waals surface area contributed by atoms with Crippen LogP contribution in [-0.4, -0.2) is 52.1 Å². The van der Waals surface area contributed by atoms with Crippen LogP contribution >= 0.6 is 0 Å². The van der Waals surface area contributed by atoms with Gasteiger partial charge in [-0.3, -0.25) is 0 Å². The van der Waals surface area contributed by atoms with Gasteiger partial charge in [0.15, 0.2) is 11.1 Å². The molecule has 0 unspecified atom stereocenters. The predicted octanol–water partition coefficient (Wildman–Crippen LogP) is -0.744. The standard InChI is InChI=1S/C12H10N6O4/c19-9(20)11(17-7-5-13-15-17)1-2-12(4-3-11,10(21)22)18-8-6-14-16-18/h1-8H,(H,19,20)(H,21,22). The first-order valence-corrected chi connectivity index (χ1v) is 6.12. The third kappa shape index (κ3) is 1.74. The minimum Gasteiger partial charge on any atom is -0.479 e. The molecule has 22 heavy (non-hydrogen) atoms. The van der Waals surface area contributed by atoms with E-state index in [2.05, 4.69) is 20.6 Å². The summed E-state index contributed by atoms with van der Waals surface area (Å²) in [7, 11) is 0. The third-order valence-electron chi connectivity index (χ3n) is 3.47. The van der Waals surface area contributed by atoms with E-state index in [1.54, 1.807) is 0 Å². The zero-order chi connectivity index (χ0) is 15.8. The second kappa shape index (κ2) is 4.62. The number of aliphatic carboxylic acids is 2. The average molecular weight is 302 g/mol. The fourth-order valence-corrected chi connectivity index (χ4v) is 2.22. The summed E-state index contributed by atoms with van der Waals surface area (Å²) >= 11 is 0. The van der Waals surface area contributed by atoms with Gasteiger partial charge in [-0.05, 0) is 24.3 Å². The van der Waals surface area contributed by atoms with E-state index in [0.29, 0.717) is 0 Å². The van der Waals surface area contributed by atoms with E-state index in [0.717, 1.165) is 9.36 Å². The molecule has 2 aromatic heterocycles. The summed E-state index contributed by atoms with van der Waals surface area (Å²) < 4.78 is 2.24. The van der Waals surface area contributed by atoms with Crippen molar-refractivity contribution in [2.75, 3.05) is 0 Å². The predicted molar refractivity (Wildman–Crippen MR) is 69.5 cm³/mol.